The van der Waals surface area contributed by atoms with Crippen molar-refractivity contribution in [3.63, 3.8) is 0 Å². The van der Waals surface area contributed by atoms with Crippen molar-refractivity contribution < 1.29 is 29.3 Å². The van der Waals surface area contributed by atoms with Crippen LogP contribution in [0.1, 0.15) is 93.6 Å². The Morgan fingerprint density at radius 2 is 1.84 bits per heavy atom. The van der Waals surface area contributed by atoms with Crippen molar-refractivity contribution in [1.29, 1.82) is 0 Å². The van der Waals surface area contributed by atoms with Gasteiger partial charge in [-0.15, -0.1) is 11.3 Å². The maximum absolute atomic E-state index is 14.1. The van der Waals surface area contributed by atoms with Crippen LogP contribution >= 0.6 is 11.3 Å². The molecule has 1 aromatic rings. The topological polar surface area (TPSA) is 96.3 Å². The van der Waals surface area contributed by atoms with Gasteiger partial charge in [0, 0.05) is 18.1 Å². The van der Waals surface area contributed by atoms with E-state index in [1.807, 2.05) is 20.8 Å². The van der Waals surface area contributed by atoms with Gasteiger partial charge in [0.25, 0.3) is 0 Å². The van der Waals surface area contributed by atoms with Crippen LogP contribution in [0.25, 0.3) is 0 Å². The number of carbonyl (C=O) groups is 2. The first-order valence-corrected chi connectivity index (χ1v) is 14.5. The number of nitrogens with zero attached hydrogens (tertiary/aromatic N) is 1. The molecule has 0 aromatic carbocycles. The molecule has 204 valence electrons. The fourth-order valence-corrected chi connectivity index (χ4v) is 6.51. The quantitative estimate of drug-likeness (QED) is 0.497. The van der Waals surface area contributed by atoms with Crippen molar-refractivity contribution in [2.75, 3.05) is 18.1 Å². The van der Waals surface area contributed by atoms with Gasteiger partial charge in [-0.3, -0.25) is 4.79 Å². The molecule has 4 atom stereocenters. The summed E-state index contributed by atoms with van der Waals surface area (Å²) in [5.74, 6) is 4.93. The van der Waals surface area contributed by atoms with Crippen molar-refractivity contribution in [3.8, 4) is 11.8 Å². The molecule has 2 N–H and O–H groups in total. The van der Waals surface area contributed by atoms with Crippen molar-refractivity contribution in [2.45, 2.75) is 103 Å². The highest BCUT2D eigenvalue weighted by molar-refractivity contribution is 7.15. The molecule has 1 aliphatic heterocycles. The summed E-state index contributed by atoms with van der Waals surface area (Å²) in [5.41, 5.74) is 0.189. The van der Waals surface area contributed by atoms with E-state index in [2.05, 4.69) is 18.8 Å². The minimum absolute atomic E-state index is 0.121. The highest BCUT2D eigenvalue weighted by atomic mass is 32.1. The van der Waals surface area contributed by atoms with Gasteiger partial charge in [0.05, 0.1) is 41.4 Å². The van der Waals surface area contributed by atoms with Crippen molar-refractivity contribution in [2.24, 2.45) is 17.3 Å². The van der Waals surface area contributed by atoms with E-state index in [4.69, 9.17) is 9.47 Å². The number of thiophene rings is 1. The molecule has 8 heteroatoms. The van der Waals surface area contributed by atoms with Gasteiger partial charge in [0.1, 0.15) is 4.88 Å². The third kappa shape index (κ3) is 7.14. The SMILES string of the molecule is C[C@@H]1CC[C@@H](C(=O)N(c2cc(C#CC(C)(C)C)sc2C(=O)O)[C@H]2CC[C@H](OC3CCOC3)CC2)[C@@H](O)C1. The van der Waals surface area contributed by atoms with Gasteiger partial charge in [0.2, 0.25) is 5.91 Å². The summed E-state index contributed by atoms with van der Waals surface area (Å²) >= 11 is 1.12. The van der Waals surface area contributed by atoms with E-state index in [1.165, 1.54) is 0 Å². The summed E-state index contributed by atoms with van der Waals surface area (Å²) in [7, 11) is 0. The van der Waals surface area contributed by atoms with Crippen LogP contribution in [0.15, 0.2) is 6.07 Å². The molecule has 1 saturated heterocycles. The molecule has 2 saturated carbocycles. The van der Waals surface area contributed by atoms with Crippen LogP contribution in [-0.2, 0) is 14.3 Å². The summed E-state index contributed by atoms with van der Waals surface area (Å²) in [6.45, 7) is 9.49. The number of rotatable bonds is 6. The average molecular weight is 532 g/mol. The number of amides is 1. The zero-order valence-corrected chi connectivity index (χ0v) is 23.3. The molecule has 1 amide bonds. The summed E-state index contributed by atoms with van der Waals surface area (Å²) in [5, 5.41) is 20.9. The Labute approximate surface area is 224 Å². The van der Waals surface area contributed by atoms with Crippen LogP contribution in [0, 0.1) is 29.1 Å². The number of carboxylic acids is 1. The third-order valence-electron chi connectivity index (χ3n) is 7.64. The third-order valence-corrected chi connectivity index (χ3v) is 8.67. The zero-order chi connectivity index (χ0) is 26.7. The molecule has 0 radical (unpaired) electrons. The number of hydrogen-bond acceptors (Lipinski definition) is 6. The number of anilines is 1. The van der Waals surface area contributed by atoms with Gasteiger partial charge in [-0.2, -0.15) is 0 Å². The molecule has 3 fully saturated rings. The van der Waals surface area contributed by atoms with E-state index in [1.54, 1.807) is 11.0 Å². The Hall–Kier alpha value is -1.92. The monoisotopic (exact) mass is 531 g/mol. The smallest absolute Gasteiger partial charge is 0.348 e. The maximum Gasteiger partial charge on any atom is 0.348 e. The van der Waals surface area contributed by atoms with Crippen LogP contribution < -0.4 is 4.90 Å². The van der Waals surface area contributed by atoms with E-state index < -0.39 is 18.0 Å². The van der Waals surface area contributed by atoms with Crippen LogP contribution in [0.4, 0.5) is 5.69 Å². The molecule has 1 aromatic heterocycles. The lowest BCUT2D eigenvalue weighted by Gasteiger charge is -2.41. The number of aliphatic hydroxyl groups excluding tert-OH is 1. The predicted molar refractivity (Wildman–Crippen MR) is 144 cm³/mol. The predicted octanol–water partition coefficient (Wildman–Crippen LogP) is 5.09. The lowest BCUT2D eigenvalue weighted by atomic mass is 9.79. The lowest BCUT2D eigenvalue weighted by Crippen LogP contribution is -2.50. The molecule has 0 bridgehead atoms. The number of carboxylic acid groups (broad SMARTS) is 1. The minimum Gasteiger partial charge on any atom is -0.477 e. The van der Waals surface area contributed by atoms with Crippen LogP contribution in [0.5, 0.6) is 0 Å². The fourth-order valence-electron chi connectivity index (χ4n) is 5.67. The van der Waals surface area contributed by atoms with Crippen molar-refractivity contribution in [1.82, 2.24) is 0 Å². The lowest BCUT2D eigenvalue weighted by molar-refractivity contribution is -0.129. The molecule has 37 heavy (non-hydrogen) atoms. The number of carbonyl (C=O) groups excluding carboxylic acids is 1. The second kappa shape index (κ2) is 11.9. The highest BCUT2D eigenvalue weighted by Crippen LogP contribution is 2.39. The van der Waals surface area contributed by atoms with Gasteiger partial charge in [-0.25, -0.2) is 4.79 Å². The normalized spacial score (nSPS) is 30.4. The number of aliphatic hydroxyl groups is 1. The fraction of sp³-hybridized carbons (Fsp3) is 0.724. The second-order valence-electron chi connectivity index (χ2n) is 12.0. The number of ether oxygens (including phenoxy) is 2. The number of hydrogen-bond donors (Lipinski definition) is 2. The Kier molecular flexibility index (Phi) is 9.00. The van der Waals surface area contributed by atoms with Gasteiger partial charge in [0.15, 0.2) is 0 Å². The first kappa shape index (κ1) is 28.1. The molecule has 4 rings (SSSR count). The van der Waals surface area contributed by atoms with E-state index in [0.717, 1.165) is 56.5 Å². The molecule has 0 spiro atoms. The van der Waals surface area contributed by atoms with Gasteiger partial charge < -0.3 is 24.6 Å². The molecule has 7 nitrogen and oxygen atoms in total. The maximum atomic E-state index is 14.1. The summed E-state index contributed by atoms with van der Waals surface area (Å²) in [6.07, 6.45) is 5.59. The van der Waals surface area contributed by atoms with E-state index in [9.17, 15) is 19.8 Å². The van der Waals surface area contributed by atoms with Crippen LogP contribution in [0.3, 0.4) is 0 Å². The van der Waals surface area contributed by atoms with Crippen molar-refractivity contribution >= 4 is 28.9 Å². The Morgan fingerprint density at radius 3 is 2.43 bits per heavy atom. The molecule has 2 heterocycles. The molecule has 2 aliphatic carbocycles. The summed E-state index contributed by atoms with van der Waals surface area (Å²) in [6, 6.07) is 1.62. The van der Waals surface area contributed by atoms with Crippen molar-refractivity contribution in [3.05, 3.63) is 15.8 Å². The largest absolute Gasteiger partial charge is 0.477 e. The Balaban J connectivity index is 1.62. The Bertz CT molecular complexity index is 1020. The number of aromatic carboxylic acids is 1. The zero-order valence-electron chi connectivity index (χ0n) is 22.5. The van der Waals surface area contributed by atoms with Crippen LogP contribution in [0.2, 0.25) is 0 Å². The van der Waals surface area contributed by atoms with Gasteiger partial charge in [-0.1, -0.05) is 18.8 Å². The molecular formula is C29H41NO6S. The molecular weight excluding hydrogens is 490 g/mol. The summed E-state index contributed by atoms with van der Waals surface area (Å²) < 4.78 is 11.7. The summed E-state index contributed by atoms with van der Waals surface area (Å²) in [4.78, 5) is 28.9. The second-order valence-corrected chi connectivity index (χ2v) is 13.0. The van der Waals surface area contributed by atoms with Gasteiger partial charge >= 0.3 is 5.97 Å². The standard InChI is InChI=1S/C29H41NO6S/c1-18-5-10-23(25(31)15-18)27(32)30(19-6-8-20(9-7-19)36-21-12-14-35-17-21)24-16-22(11-13-29(2,3)4)37-26(24)28(33)34/h16,18-21,23,25,31H,5-10,12,14-15,17H2,1-4H3,(H,33,34)/t18-,19-,20-,21?,23-,25+/m1/s1. The highest BCUT2D eigenvalue weighted by Gasteiger charge is 2.41. The Morgan fingerprint density at radius 1 is 1.11 bits per heavy atom. The van der Waals surface area contributed by atoms with E-state index >= 15 is 0 Å². The first-order valence-electron chi connectivity index (χ1n) is 13.7. The average Bonchev–Trinajstić information content (AvgIpc) is 3.49. The molecule has 3 aliphatic rings. The first-order chi connectivity index (χ1) is 17.5. The molecule has 1 unspecified atom stereocenters. The minimum atomic E-state index is -1.06. The van der Waals surface area contributed by atoms with E-state index in [0.29, 0.717) is 35.9 Å². The van der Waals surface area contributed by atoms with E-state index in [-0.39, 0.29) is 34.4 Å². The van der Waals surface area contributed by atoms with Gasteiger partial charge in [-0.05, 0) is 84.1 Å². The van der Waals surface area contributed by atoms with Crippen LogP contribution in [-0.4, -0.2) is 59.7 Å².